The van der Waals surface area contributed by atoms with E-state index < -0.39 is 0 Å². The Labute approximate surface area is 180 Å². The highest BCUT2D eigenvalue weighted by atomic mass is 35.5. The lowest BCUT2D eigenvalue weighted by molar-refractivity contribution is -0.134. The van der Waals surface area contributed by atoms with Crippen molar-refractivity contribution in [3.05, 3.63) is 83.6 Å². The fraction of sp³-hybridized carbons (Fsp3) is 0.217. The fourth-order valence-corrected chi connectivity index (χ4v) is 3.52. The summed E-state index contributed by atoms with van der Waals surface area (Å²) in [6.45, 7) is 1.97. The second-order valence-corrected chi connectivity index (χ2v) is 7.49. The highest BCUT2D eigenvalue weighted by Crippen LogP contribution is 2.16. The first-order valence-electron chi connectivity index (χ1n) is 9.79. The molecule has 0 unspecified atom stereocenters. The van der Waals surface area contributed by atoms with Gasteiger partial charge in [0.05, 0.1) is 0 Å². The molecule has 2 heterocycles. The molecular formula is C23H22ClN3O3. The SMILES string of the molecule is O=C(COc1ccc(Cl)cc1)N1CCN(C(=O)c2ccc(-n3cccc3)cc2)CC1. The molecule has 3 aromatic rings. The van der Waals surface area contributed by atoms with Gasteiger partial charge in [-0.3, -0.25) is 9.59 Å². The molecule has 6 nitrogen and oxygen atoms in total. The van der Waals surface area contributed by atoms with E-state index in [9.17, 15) is 9.59 Å². The number of benzene rings is 2. The molecule has 0 spiro atoms. The van der Waals surface area contributed by atoms with Gasteiger partial charge in [-0.05, 0) is 60.7 Å². The Kier molecular flexibility index (Phi) is 6.05. The molecule has 30 heavy (non-hydrogen) atoms. The number of nitrogens with zero attached hydrogens (tertiary/aromatic N) is 3. The van der Waals surface area contributed by atoms with Crippen LogP contribution in [-0.4, -0.2) is 59.0 Å². The number of hydrogen-bond donors (Lipinski definition) is 0. The van der Waals surface area contributed by atoms with Crippen LogP contribution in [0.4, 0.5) is 0 Å². The summed E-state index contributed by atoms with van der Waals surface area (Å²) in [5, 5.41) is 0.619. The molecule has 1 aliphatic heterocycles. The van der Waals surface area contributed by atoms with Gasteiger partial charge in [0.2, 0.25) is 0 Å². The minimum atomic E-state index is -0.0897. The third-order valence-corrected chi connectivity index (χ3v) is 5.36. The van der Waals surface area contributed by atoms with E-state index in [1.807, 2.05) is 53.4 Å². The number of carbonyl (C=O) groups excluding carboxylic acids is 2. The van der Waals surface area contributed by atoms with Crippen LogP contribution >= 0.6 is 11.6 Å². The van der Waals surface area contributed by atoms with Crippen LogP contribution in [0.25, 0.3) is 5.69 Å². The van der Waals surface area contributed by atoms with Gasteiger partial charge in [-0.25, -0.2) is 0 Å². The molecule has 2 amide bonds. The third kappa shape index (κ3) is 4.66. The highest BCUT2D eigenvalue weighted by molar-refractivity contribution is 6.30. The maximum Gasteiger partial charge on any atom is 0.260 e. The average molecular weight is 424 g/mol. The van der Waals surface area contributed by atoms with E-state index in [0.29, 0.717) is 42.5 Å². The second-order valence-electron chi connectivity index (χ2n) is 7.05. The zero-order valence-electron chi connectivity index (χ0n) is 16.4. The summed E-state index contributed by atoms with van der Waals surface area (Å²) >= 11 is 5.85. The van der Waals surface area contributed by atoms with Crippen molar-refractivity contribution in [2.45, 2.75) is 0 Å². The molecule has 1 saturated heterocycles. The van der Waals surface area contributed by atoms with Gasteiger partial charge >= 0.3 is 0 Å². The van der Waals surface area contributed by atoms with Crippen molar-refractivity contribution in [3.63, 3.8) is 0 Å². The molecule has 1 fully saturated rings. The molecule has 0 atom stereocenters. The van der Waals surface area contributed by atoms with Crippen LogP contribution in [0.15, 0.2) is 73.1 Å². The van der Waals surface area contributed by atoms with Gasteiger partial charge in [0.15, 0.2) is 6.61 Å². The van der Waals surface area contributed by atoms with Crippen molar-refractivity contribution in [2.75, 3.05) is 32.8 Å². The summed E-state index contributed by atoms with van der Waals surface area (Å²) in [5.74, 6) is 0.497. The van der Waals surface area contributed by atoms with Gasteiger partial charge < -0.3 is 19.1 Å². The Morgan fingerprint density at radius 3 is 2.07 bits per heavy atom. The normalized spacial score (nSPS) is 13.9. The van der Waals surface area contributed by atoms with Gasteiger partial charge in [0.25, 0.3) is 11.8 Å². The Bertz CT molecular complexity index is 993. The number of amides is 2. The molecule has 1 aliphatic rings. The number of hydrogen-bond acceptors (Lipinski definition) is 3. The van der Waals surface area contributed by atoms with E-state index in [4.69, 9.17) is 16.3 Å². The minimum Gasteiger partial charge on any atom is -0.484 e. The molecule has 2 aromatic carbocycles. The lowest BCUT2D eigenvalue weighted by Gasteiger charge is -2.34. The van der Waals surface area contributed by atoms with E-state index in [2.05, 4.69) is 0 Å². The van der Waals surface area contributed by atoms with E-state index in [-0.39, 0.29) is 18.4 Å². The Balaban J connectivity index is 1.27. The molecular weight excluding hydrogens is 402 g/mol. The van der Waals surface area contributed by atoms with Crippen molar-refractivity contribution in [1.29, 1.82) is 0 Å². The quantitative estimate of drug-likeness (QED) is 0.631. The summed E-state index contributed by atoms with van der Waals surface area (Å²) in [6.07, 6.45) is 3.92. The minimum absolute atomic E-state index is 0.0152. The van der Waals surface area contributed by atoms with Crippen LogP contribution in [0.1, 0.15) is 10.4 Å². The molecule has 4 rings (SSSR count). The summed E-state index contributed by atoms with van der Waals surface area (Å²) < 4.78 is 7.52. The van der Waals surface area contributed by atoms with Crippen molar-refractivity contribution < 1.29 is 14.3 Å². The predicted octanol–water partition coefficient (Wildman–Crippen LogP) is 3.49. The van der Waals surface area contributed by atoms with Crippen LogP contribution in [0.5, 0.6) is 5.75 Å². The van der Waals surface area contributed by atoms with Crippen LogP contribution in [0, 0.1) is 0 Å². The van der Waals surface area contributed by atoms with E-state index in [1.165, 1.54) is 0 Å². The first-order chi connectivity index (χ1) is 14.6. The molecule has 0 radical (unpaired) electrons. The van der Waals surface area contributed by atoms with Gasteiger partial charge in [-0.1, -0.05) is 11.6 Å². The molecule has 154 valence electrons. The van der Waals surface area contributed by atoms with E-state index in [0.717, 1.165) is 5.69 Å². The van der Waals surface area contributed by atoms with E-state index >= 15 is 0 Å². The topological polar surface area (TPSA) is 54.8 Å². The predicted molar refractivity (Wildman–Crippen MR) is 115 cm³/mol. The number of ether oxygens (including phenoxy) is 1. The van der Waals surface area contributed by atoms with Crippen molar-refractivity contribution in [1.82, 2.24) is 14.4 Å². The number of rotatable bonds is 5. The number of aromatic nitrogens is 1. The Hall–Kier alpha value is -3.25. The summed E-state index contributed by atoms with van der Waals surface area (Å²) in [5.41, 5.74) is 1.66. The zero-order valence-corrected chi connectivity index (χ0v) is 17.2. The van der Waals surface area contributed by atoms with Gasteiger partial charge in [-0.2, -0.15) is 0 Å². The number of carbonyl (C=O) groups is 2. The largest absolute Gasteiger partial charge is 0.484 e. The number of halogens is 1. The molecule has 0 bridgehead atoms. The molecule has 0 N–H and O–H groups in total. The lowest BCUT2D eigenvalue weighted by atomic mass is 10.1. The summed E-state index contributed by atoms with van der Waals surface area (Å²) in [7, 11) is 0. The van der Waals surface area contributed by atoms with E-state index in [1.54, 1.807) is 34.1 Å². The molecule has 7 heteroatoms. The standard InChI is InChI=1S/C23H22ClN3O3/c24-19-5-9-21(10-6-19)30-17-22(28)26-13-15-27(16-14-26)23(29)18-3-7-20(8-4-18)25-11-1-2-12-25/h1-12H,13-17H2. The number of piperazine rings is 1. The summed E-state index contributed by atoms with van der Waals surface area (Å²) in [4.78, 5) is 28.7. The average Bonchev–Trinajstić information content (AvgIpc) is 3.33. The monoisotopic (exact) mass is 423 g/mol. The Morgan fingerprint density at radius 2 is 1.43 bits per heavy atom. The van der Waals surface area contributed by atoms with Gasteiger partial charge in [0, 0.05) is 54.8 Å². The first-order valence-corrected chi connectivity index (χ1v) is 10.2. The second kappa shape index (κ2) is 9.05. The third-order valence-electron chi connectivity index (χ3n) is 5.11. The smallest absolute Gasteiger partial charge is 0.260 e. The Morgan fingerprint density at radius 1 is 0.833 bits per heavy atom. The zero-order chi connectivity index (χ0) is 20.9. The van der Waals surface area contributed by atoms with Crippen LogP contribution in [0.3, 0.4) is 0 Å². The molecule has 0 aliphatic carbocycles. The fourth-order valence-electron chi connectivity index (χ4n) is 3.39. The highest BCUT2D eigenvalue weighted by Gasteiger charge is 2.25. The van der Waals surface area contributed by atoms with Crippen LogP contribution < -0.4 is 4.74 Å². The summed E-state index contributed by atoms with van der Waals surface area (Å²) in [6, 6.07) is 18.4. The van der Waals surface area contributed by atoms with Crippen LogP contribution in [0.2, 0.25) is 5.02 Å². The van der Waals surface area contributed by atoms with Crippen LogP contribution in [-0.2, 0) is 4.79 Å². The maximum absolute atomic E-state index is 12.8. The lowest BCUT2D eigenvalue weighted by Crippen LogP contribution is -2.51. The van der Waals surface area contributed by atoms with Gasteiger partial charge in [0.1, 0.15) is 5.75 Å². The van der Waals surface area contributed by atoms with Crippen molar-refractivity contribution in [2.24, 2.45) is 0 Å². The molecule has 1 aromatic heterocycles. The molecule has 0 saturated carbocycles. The van der Waals surface area contributed by atoms with Crippen molar-refractivity contribution >= 4 is 23.4 Å². The van der Waals surface area contributed by atoms with Gasteiger partial charge in [-0.15, -0.1) is 0 Å². The first kappa shape index (κ1) is 20.0. The maximum atomic E-state index is 12.8. The van der Waals surface area contributed by atoms with Crippen molar-refractivity contribution in [3.8, 4) is 11.4 Å².